The van der Waals surface area contributed by atoms with Crippen LogP contribution in [0.25, 0.3) is 16.6 Å². The molecule has 0 atom stereocenters. The maximum Gasteiger partial charge on any atom is 0.276 e. The zero-order valence-corrected chi connectivity index (χ0v) is 16.6. The first-order valence-electron chi connectivity index (χ1n) is 9.81. The van der Waals surface area contributed by atoms with Crippen molar-refractivity contribution in [2.45, 2.75) is 25.8 Å². The van der Waals surface area contributed by atoms with Gasteiger partial charge in [0.05, 0.1) is 23.1 Å². The Kier molecular flexibility index (Phi) is 4.69. The number of nitrogens with one attached hydrogen (secondary N) is 2. The lowest BCUT2D eigenvalue weighted by atomic mass is 10.1. The highest BCUT2D eigenvalue weighted by Gasteiger charge is 2.14. The quantitative estimate of drug-likeness (QED) is 0.532. The summed E-state index contributed by atoms with van der Waals surface area (Å²) < 4.78 is 1.63. The van der Waals surface area contributed by atoms with Crippen molar-refractivity contribution >= 4 is 39.7 Å². The minimum absolute atomic E-state index is 0.266. The number of rotatable bonds is 4. The van der Waals surface area contributed by atoms with Crippen molar-refractivity contribution in [3.8, 4) is 0 Å². The van der Waals surface area contributed by atoms with Gasteiger partial charge in [0.15, 0.2) is 5.69 Å². The van der Waals surface area contributed by atoms with Crippen molar-refractivity contribution in [3.05, 3.63) is 59.1 Å². The zero-order valence-electron chi connectivity index (χ0n) is 15.9. The summed E-state index contributed by atoms with van der Waals surface area (Å²) in [5, 5.41) is 7.82. The fraction of sp³-hybridized carbons (Fsp3) is 0.286. The number of aromatic amines is 1. The number of hydrogen-bond donors (Lipinski definition) is 2. The number of fused-ring (bicyclic) bond motifs is 2. The second kappa shape index (κ2) is 7.50. The second-order valence-corrected chi connectivity index (χ2v) is 7.89. The lowest BCUT2D eigenvalue weighted by Gasteiger charge is -2.25. The fourth-order valence-electron chi connectivity index (χ4n) is 3.82. The van der Waals surface area contributed by atoms with Crippen molar-refractivity contribution in [1.82, 2.24) is 24.5 Å². The number of nitrogens with zero attached hydrogens (tertiary/aromatic N) is 4. The lowest BCUT2D eigenvalue weighted by Crippen LogP contribution is -2.29. The van der Waals surface area contributed by atoms with E-state index in [1.165, 1.54) is 19.3 Å². The average Bonchev–Trinajstić information content (AvgIpc) is 3.31. The molecule has 3 aromatic heterocycles. The molecule has 1 aliphatic heterocycles. The Morgan fingerprint density at radius 1 is 1.14 bits per heavy atom. The summed E-state index contributed by atoms with van der Waals surface area (Å²) in [6, 6.07) is 10.9. The molecule has 29 heavy (non-hydrogen) atoms. The van der Waals surface area contributed by atoms with Gasteiger partial charge < -0.3 is 10.3 Å². The van der Waals surface area contributed by atoms with E-state index in [2.05, 4.69) is 25.3 Å². The summed E-state index contributed by atoms with van der Waals surface area (Å²) in [6.45, 7) is 3.09. The van der Waals surface area contributed by atoms with Crippen LogP contribution < -0.4 is 5.32 Å². The predicted molar refractivity (Wildman–Crippen MR) is 113 cm³/mol. The summed E-state index contributed by atoms with van der Waals surface area (Å²) in [6.07, 6.45) is 5.56. The molecule has 7 nitrogen and oxygen atoms in total. The first kappa shape index (κ1) is 18.1. The number of hydrogen-bond acceptors (Lipinski definition) is 4. The fourth-order valence-corrected chi connectivity index (χ4v) is 3.99. The van der Waals surface area contributed by atoms with E-state index in [0.29, 0.717) is 16.4 Å². The Hall–Kier alpha value is -2.90. The SMILES string of the molecule is O=C(Nc1ccc2nc(CN3CCCCC3)[nH]c2c1)c1cc2cc(Cl)ccn2n1. The second-order valence-electron chi connectivity index (χ2n) is 7.45. The average molecular weight is 409 g/mol. The number of pyridine rings is 1. The largest absolute Gasteiger partial charge is 0.341 e. The Morgan fingerprint density at radius 3 is 2.86 bits per heavy atom. The van der Waals surface area contributed by atoms with Crippen molar-refractivity contribution in [2.24, 2.45) is 0 Å². The highest BCUT2D eigenvalue weighted by molar-refractivity contribution is 6.30. The van der Waals surface area contributed by atoms with Gasteiger partial charge in [-0.1, -0.05) is 18.0 Å². The van der Waals surface area contributed by atoms with Gasteiger partial charge in [0.25, 0.3) is 5.91 Å². The molecule has 0 aliphatic carbocycles. The predicted octanol–water partition coefficient (Wildman–Crippen LogP) is 4.10. The number of halogens is 1. The van der Waals surface area contributed by atoms with Gasteiger partial charge in [-0.2, -0.15) is 5.10 Å². The van der Waals surface area contributed by atoms with Crippen LogP contribution >= 0.6 is 11.6 Å². The molecule has 0 saturated carbocycles. The number of likely N-dealkylation sites (tertiary alicyclic amines) is 1. The summed E-state index contributed by atoms with van der Waals surface area (Å²) in [5.74, 6) is 0.694. The standard InChI is InChI=1S/C21H21ClN6O/c22-14-6-9-28-16(10-14)12-19(26-28)21(29)23-15-4-5-17-18(11-15)25-20(24-17)13-27-7-2-1-3-8-27/h4-6,9-12H,1-3,7-8,13H2,(H,23,29)(H,24,25). The van der Waals surface area contributed by atoms with Crippen LogP contribution in [0.3, 0.4) is 0 Å². The molecule has 4 heterocycles. The van der Waals surface area contributed by atoms with Crippen molar-refractivity contribution < 1.29 is 4.79 Å². The highest BCUT2D eigenvalue weighted by atomic mass is 35.5. The number of carbonyl (C=O) groups is 1. The molecule has 0 bridgehead atoms. The van der Waals surface area contributed by atoms with E-state index in [4.69, 9.17) is 11.6 Å². The smallest absolute Gasteiger partial charge is 0.276 e. The number of imidazole rings is 1. The normalized spacial score (nSPS) is 15.2. The lowest BCUT2D eigenvalue weighted by molar-refractivity contribution is 0.102. The van der Waals surface area contributed by atoms with Crippen LogP contribution in [0.5, 0.6) is 0 Å². The molecule has 1 saturated heterocycles. The van der Waals surface area contributed by atoms with Crippen LogP contribution in [-0.2, 0) is 6.54 Å². The van der Waals surface area contributed by atoms with Crippen molar-refractivity contribution in [2.75, 3.05) is 18.4 Å². The summed E-state index contributed by atoms with van der Waals surface area (Å²) in [7, 11) is 0. The third-order valence-electron chi connectivity index (χ3n) is 5.27. The van der Waals surface area contributed by atoms with Gasteiger partial charge in [0.2, 0.25) is 0 Å². The molecular weight excluding hydrogens is 388 g/mol. The Labute approximate surface area is 172 Å². The number of aromatic nitrogens is 4. The van der Waals surface area contributed by atoms with Gasteiger partial charge >= 0.3 is 0 Å². The summed E-state index contributed by atoms with van der Waals surface area (Å²) >= 11 is 6.00. The minimum atomic E-state index is -0.266. The van der Waals surface area contributed by atoms with Gasteiger partial charge in [0.1, 0.15) is 5.82 Å². The van der Waals surface area contributed by atoms with Gasteiger partial charge in [-0.25, -0.2) is 9.50 Å². The number of amides is 1. The third kappa shape index (κ3) is 3.83. The molecule has 0 unspecified atom stereocenters. The van der Waals surface area contributed by atoms with Crippen LogP contribution in [0, 0.1) is 0 Å². The monoisotopic (exact) mass is 408 g/mol. The maximum absolute atomic E-state index is 12.6. The molecule has 148 valence electrons. The molecule has 1 fully saturated rings. The molecule has 1 amide bonds. The highest BCUT2D eigenvalue weighted by Crippen LogP contribution is 2.20. The van der Waals surface area contributed by atoms with Crippen molar-refractivity contribution in [1.29, 1.82) is 0 Å². The van der Waals surface area contributed by atoms with Gasteiger partial charge in [-0.15, -0.1) is 0 Å². The van der Waals surface area contributed by atoms with Crippen molar-refractivity contribution in [3.63, 3.8) is 0 Å². The van der Waals surface area contributed by atoms with E-state index in [9.17, 15) is 4.79 Å². The number of benzene rings is 1. The number of carbonyl (C=O) groups excluding carboxylic acids is 1. The van der Waals surface area contributed by atoms with E-state index in [1.54, 1.807) is 28.9 Å². The Balaban J connectivity index is 1.33. The van der Waals surface area contributed by atoms with Gasteiger partial charge in [-0.05, 0) is 62.3 Å². The molecule has 0 spiro atoms. The van der Waals surface area contributed by atoms with Crippen LogP contribution in [0.1, 0.15) is 35.6 Å². The molecule has 1 aromatic carbocycles. The molecule has 4 aromatic rings. The number of H-pyrrole nitrogens is 1. The van der Waals surface area contributed by atoms with Gasteiger partial charge in [0, 0.05) is 16.9 Å². The Morgan fingerprint density at radius 2 is 2.00 bits per heavy atom. The van der Waals surface area contributed by atoms with E-state index in [1.807, 2.05) is 18.2 Å². The molecule has 5 rings (SSSR count). The molecule has 8 heteroatoms. The molecule has 1 aliphatic rings. The van der Waals surface area contributed by atoms with Crippen LogP contribution in [-0.4, -0.2) is 43.5 Å². The van der Waals surface area contributed by atoms with E-state index in [-0.39, 0.29) is 5.91 Å². The first-order valence-corrected chi connectivity index (χ1v) is 10.2. The third-order valence-corrected chi connectivity index (χ3v) is 5.50. The van der Waals surface area contributed by atoms with E-state index >= 15 is 0 Å². The van der Waals surface area contributed by atoms with E-state index < -0.39 is 0 Å². The molecular formula is C21H21ClN6O. The minimum Gasteiger partial charge on any atom is -0.341 e. The summed E-state index contributed by atoms with van der Waals surface area (Å²) in [5.41, 5.74) is 3.62. The Bertz CT molecular complexity index is 1190. The number of piperidine rings is 1. The molecule has 2 N–H and O–H groups in total. The topological polar surface area (TPSA) is 78.3 Å². The summed E-state index contributed by atoms with van der Waals surface area (Å²) in [4.78, 5) is 23.1. The van der Waals surface area contributed by atoms with Crippen LogP contribution in [0.15, 0.2) is 42.6 Å². The van der Waals surface area contributed by atoms with Crippen LogP contribution in [0.4, 0.5) is 5.69 Å². The first-order chi connectivity index (χ1) is 14.1. The molecule has 0 radical (unpaired) electrons. The maximum atomic E-state index is 12.6. The van der Waals surface area contributed by atoms with Gasteiger partial charge in [-0.3, -0.25) is 9.69 Å². The number of anilines is 1. The van der Waals surface area contributed by atoms with Crippen LogP contribution in [0.2, 0.25) is 5.02 Å². The zero-order chi connectivity index (χ0) is 19.8. The van der Waals surface area contributed by atoms with E-state index in [0.717, 1.165) is 42.0 Å².